The van der Waals surface area contributed by atoms with Crippen molar-refractivity contribution in [3.8, 4) is 5.69 Å². The molecule has 2 aromatic heterocycles. The molecule has 1 aliphatic heterocycles. The lowest BCUT2D eigenvalue weighted by atomic mass is 10.0. The third-order valence-corrected chi connectivity index (χ3v) is 6.83. The Morgan fingerprint density at radius 2 is 1.83 bits per heavy atom. The Hall–Kier alpha value is -3.97. The van der Waals surface area contributed by atoms with Crippen molar-refractivity contribution < 1.29 is 4.79 Å². The van der Waals surface area contributed by atoms with Gasteiger partial charge in [-0.1, -0.05) is 35.9 Å². The van der Waals surface area contributed by atoms with E-state index in [-0.39, 0.29) is 18.0 Å². The summed E-state index contributed by atoms with van der Waals surface area (Å²) in [5, 5.41) is 7.11. The molecule has 2 N–H and O–H groups in total. The molecule has 182 valence electrons. The second kappa shape index (κ2) is 10.3. The second-order valence-electron chi connectivity index (χ2n) is 9.13. The number of carbonyl (C=O) groups is 1. The maximum atomic E-state index is 12.8. The SMILES string of the molecule is Cc1ccc(-n2cccc2[C@H]2[C@H](c3ccccn3)NC(=S)N2CCC(=O)Nc2cccc(C)c2)cc1. The number of pyridine rings is 1. The van der Waals surface area contributed by atoms with E-state index in [1.165, 1.54) is 5.56 Å². The average Bonchev–Trinajstić information content (AvgIpc) is 3.48. The molecule has 4 aromatic rings. The van der Waals surface area contributed by atoms with Crippen LogP contribution in [0.3, 0.4) is 0 Å². The van der Waals surface area contributed by atoms with Gasteiger partial charge in [0.05, 0.1) is 17.8 Å². The van der Waals surface area contributed by atoms with Gasteiger partial charge in [0.1, 0.15) is 0 Å². The minimum atomic E-state index is -0.141. The van der Waals surface area contributed by atoms with E-state index in [4.69, 9.17) is 12.2 Å². The Bertz CT molecular complexity index is 1370. The predicted octanol–water partition coefficient (Wildman–Crippen LogP) is 5.49. The fourth-order valence-corrected chi connectivity index (χ4v) is 5.04. The minimum absolute atomic E-state index is 0.0441. The maximum absolute atomic E-state index is 12.8. The van der Waals surface area contributed by atoms with Crippen LogP contribution >= 0.6 is 12.2 Å². The molecule has 1 aliphatic rings. The third-order valence-electron chi connectivity index (χ3n) is 6.47. The highest BCUT2D eigenvalue weighted by Gasteiger charge is 2.41. The van der Waals surface area contributed by atoms with Crippen LogP contribution in [0, 0.1) is 13.8 Å². The molecule has 0 bridgehead atoms. The van der Waals surface area contributed by atoms with E-state index in [2.05, 4.69) is 74.6 Å². The van der Waals surface area contributed by atoms with Crippen molar-refractivity contribution in [1.82, 2.24) is 19.8 Å². The first-order valence-electron chi connectivity index (χ1n) is 12.1. The van der Waals surface area contributed by atoms with Crippen LogP contribution in [0.2, 0.25) is 0 Å². The molecule has 0 unspecified atom stereocenters. The average molecular weight is 496 g/mol. The smallest absolute Gasteiger partial charge is 0.226 e. The highest BCUT2D eigenvalue weighted by atomic mass is 32.1. The summed E-state index contributed by atoms with van der Waals surface area (Å²) in [6.07, 6.45) is 4.18. The number of benzene rings is 2. The molecule has 0 aliphatic carbocycles. The molecular formula is C29H29N5OS. The zero-order valence-electron chi connectivity index (χ0n) is 20.4. The van der Waals surface area contributed by atoms with Gasteiger partial charge in [-0.15, -0.1) is 0 Å². The van der Waals surface area contributed by atoms with Gasteiger partial charge in [0, 0.05) is 42.4 Å². The zero-order chi connectivity index (χ0) is 25.1. The Kier molecular flexibility index (Phi) is 6.82. The van der Waals surface area contributed by atoms with E-state index in [0.717, 1.165) is 28.3 Å². The summed E-state index contributed by atoms with van der Waals surface area (Å²) in [6, 6.07) is 26.1. The molecule has 1 fully saturated rings. The van der Waals surface area contributed by atoms with Crippen molar-refractivity contribution in [1.29, 1.82) is 0 Å². The van der Waals surface area contributed by atoms with Gasteiger partial charge in [-0.25, -0.2) is 0 Å². The van der Waals surface area contributed by atoms with Crippen molar-refractivity contribution in [2.24, 2.45) is 0 Å². The van der Waals surface area contributed by atoms with Gasteiger partial charge in [0.15, 0.2) is 5.11 Å². The first-order chi connectivity index (χ1) is 17.5. The summed E-state index contributed by atoms with van der Waals surface area (Å²) < 4.78 is 2.19. The zero-order valence-corrected chi connectivity index (χ0v) is 21.2. The molecule has 1 saturated heterocycles. The molecule has 0 spiro atoms. The van der Waals surface area contributed by atoms with Crippen LogP contribution in [0.15, 0.2) is 91.3 Å². The largest absolute Gasteiger partial charge is 0.352 e. The summed E-state index contributed by atoms with van der Waals surface area (Å²) in [7, 11) is 0. The topological polar surface area (TPSA) is 62.2 Å². The van der Waals surface area contributed by atoms with Crippen LogP contribution in [0.4, 0.5) is 5.69 Å². The fraction of sp³-hybridized carbons (Fsp3) is 0.207. The number of rotatable bonds is 7. The number of hydrogen-bond donors (Lipinski definition) is 2. The molecular weight excluding hydrogens is 466 g/mol. The Morgan fingerprint density at radius 3 is 2.58 bits per heavy atom. The molecule has 0 radical (unpaired) electrons. The van der Waals surface area contributed by atoms with Gasteiger partial charge in [-0.2, -0.15) is 0 Å². The number of amides is 1. The van der Waals surface area contributed by atoms with Crippen LogP contribution < -0.4 is 10.6 Å². The first-order valence-corrected chi connectivity index (χ1v) is 12.5. The summed E-state index contributed by atoms with van der Waals surface area (Å²) in [5.74, 6) is -0.0441. The van der Waals surface area contributed by atoms with E-state index in [1.54, 1.807) is 6.20 Å². The van der Waals surface area contributed by atoms with Crippen LogP contribution in [0.25, 0.3) is 5.69 Å². The van der Waals surface area contributed by atoms with Gasteiger partial charge in [0.25, 0.3) is 0 Å². The molecule has 0 saturated carbocycles. The summed E-state index contributed by atoms with van der Waals surface area (Å²) in [5.41, 5.74) is 6.19. The van der Waals surface area contributed by atoms with E-state index in [1.807, 2.05) is 49.4 Å². The predicted molar refractivity (Wildman–Crippen MR) is 147 cm³/mol. The second-order valence-corrected chi connectivity index (χ2v) is 9.51. The summed E-state index contributed by atoms with van der Waals surface area (Å²) >= 11 is 5.79. The Labute approximate surface area is 217 Å². The van der Waals surface area contributed by atoms with Crippen molar-refractivity contribution >= 4 is 28.9 Å². The van der Waals surface area contributed by atoms with Gasteiger partial charge in [-0.3, -0.25) is 9.78 Å². The van der Waals surface area contributed by atoms with E-state index in [9.17, 15) is 4.79 Å². The van der Waals surface area contributed by atoms with Crippen molar-refractivity contribution in [3.05, 3.63) is 114 Å². The molecule has 6 nitrogen and oxygen atoms in total. The normalized spacial score (nSPS) is 17.2. The Balaban J connectivity index is 1.44. The van der Waals surface area contributed by atoms with Crippen LogP contribution in [0.5, 0.6) is 0 Å². The molecule has 5 rings (SSSR count). The fourth-order valence-electron chi connectivity index (χ4n) is 4.71. The van der Waals surface area contributed by atoms with E-state index in [0.29, 0.717) is 18.1 Å². The standard InChI is InChI=1S/C29H29N5OS/c1-20-11-13-23(14-12-20)33-17-6-10-25(33)28-27(24-9-3-4-16-30-24)32-29(36)34(28)18-15-26(35)31-22-8-5-7-21(2)19-22/h3-14,16-17,19,27-28H,15,18H2,1-2H3,(H,31,35)(H,32,36)/t27-,28-/m0/s1. The number of thiocarbonyl (C=S) groups is 1. The molecule has 7 heteroatoms. The van der Waals surface area contributed by atoms with Gasteiger partial charge >= 0.3 is 0 Å². The quantitative estimate of drug-likeness (QED) is 0.332. The number of nitrogens with zero attached hydrogens (tertiary/aromatic N) is 3. The van der Waals surface area contributed by atoms with Crippen LogP contribution in [-0.2, 0) is 4.79 Å². The lowest BCUT2D eigenvalue weighted by molar-refractivity contribution is -0.116. The highest BCUT2D eigenvalue weighted by molar-refractivity contribution is 7.80. The van der Waals surface area contributed by atoms with Crippen molar-refractivity contribution in [2.45, 2.75) is 32.4 Å². The van der Waals surface area contributed by atoms with Gasteiger partial charge < -0.3 is 20.1 Å². The molecule has 1 amide bonds. The highest BCUT2D eigenvalue weighted by Crippen LogP contribution is 2.39. The summed E-state index contributed by atoms with van der Waals surface area (Å²) in [6.45, 7) is 4.58. The third kappa shape index (κ3) is 5.02. The number of hydrogen-bond acceptors (Lipinski definition) is 3. The number of aromatic nitrogens is 2. The molecule has 2 aromatic carbocycles. The lowest BCUT2D eigenvalue weighted by Gasteiger charge is -2.29. The van der Waals surface area contributed by atoms with Crippen LogP contribution in [-0.4, -0.2) is 32.0 Å². The lowest BCUT2D eigenvalue weighted by Crippen LogP contribution is -2.33. The molecule has 2 atom stereocenters. The van der Waals surface area contributed by atoms with Gasteiger partial charge in [0.2, 0.25) is 5.91 Å². The summed E-state index contributed by atoms with van der Waals surface area (Å²) in [4.78, 5) is 19.6. The first kappa shape index (κ1) is 23.8. The van der Waals surface area contributed by atoms with Crippen molar-refractivity contribution in [2.75, 3.05) is 11.9 Å². The van der Waals surface area contributed by atoms with E-state index < -0.39 is 0 Å². The number of nitrogens with one attached hydrogen (secondary N) is 2. The molecule has 36 heavy (non-hydrogen) atoms. The number of carbonyl (C=O) groups excluding carboxylic acids is 1. The maximum Gasteiger partial charge on any atom is 0.226 e. The van der Waals surface area contributed by atoms with Gasteiger partial charge in [-0.05, 0) is 80.2 Å². The Morgan fingerprint density at radius 1 is 1.00 bits per heavy atom. The van der Waals surface area contributed by atoms with Crippen LogP contribution in [0.1, 0.15) is 41.0 Å². The van der Waals surface area contributed by atoms with Crippen molar-refractivity contribution in [3.63, 3.8) is 0 Å². The monoisotopic (exact) mass is 495 g/mol. The minimum Gasteiger partial charge on any atom is -0.352 e. The number of aryl methyl sites for hydroxylation is 2. The number of anilines is 1. The molecule has 3 heterocycles. The van der Waals surface area contributed by atoms with E-state index >= 15 is 0 Å².